The highest BCUT2D eigenvalue weighted by Gasteiger charge is 2.31. The molecule has 0 N–H and O–H groups in total. The van der Waals surface area contributed by atoms with Crippen molar-refractivity contribution in [3.8, 4) is 0 Å². The number of furan rings is 1. The number of carbonyl (C=O) groups excluding carboxylic acids is 2. The van der Waals surface area contributed by atoms with Gasteiger partial charge in [-0.1, -0.05) is 41.6 Å². The fourth-order valence-electron chi connectivity index (χ4n) is 2.41. The van der Waals surface area contributed by atoms with Crippen LogP contribution in [0.4, 0.5) is 0 Å². The molecule has 140 valence electrons. The number of benzene rings is 1. The second-order valence-corrected chi connectivity index (χ2v) is 6.87. The normalized spacial score (nSPS) is 15.3. The molecule has 0 radical (unpaired) electrons. The molecule has 1 aromatic heterocycles. The summed E-state index contributed by atoms with van der Waals surface area (Å²) in [4.78, 5) is 30.4. The van der Waals surface area contributed by atoms with Crippen LogP contribution in [0.5, 0.6) is 0 Å². The summed E-state index contributed by atoms with van der Waals surface area (Å²) in [6.07, 6.45) is 3.09. The number of esters is 1. The molecule has 27 heavy (non-hydrogen) atoms. The molecule has 3 rings (SSSR count). The lowest BCUT2D eigenvalue weighted by Gasteiger charge is -2.18. The number of amidine groups is 1. The zero-order valence-corrected chi connectivity index (χ0v) is 16.1. The van der Waals surface area contributed by atoms with Gasteiger partial charge in [0.2, 0.25) is 0 Å². The van der Waals surface area contributed by atoms with E-state index in [4.69, 9.17) is 20.8 Å². The highest BCUT2D eigenvalue weighted by atomic mass is 35.5. The van der Waals surface area contributed by atoms with Gasteiger partial charge < -0.3 is 9.15 Å². The van der Waals surface area contributed by atoms with Gasteiger partial charge >= 0.3 is 5.97 Å². The highest BCUT2D eigenvalue weighted by molar-refractivity contribution is 8.14. The molecule has 1 aliphatic heterocycles. The van der Waals surface area contributed by atoms with E-state index >= 15 is 0 Å². The SMILES string of the molecule is CCOC(=O)CSC1=N/C(=C\c2ccco2)C(=O)N1Cc1ccccc1Cl. The number of thioether (sulfide) groups is 1. The Kier molecular flexibility index (Phi) is 6.36. The van der Waals surface area contributed by atoms with E-state index in [9.17, 15) is 9.59 Å². The average molecular weight is 405 g/mol. The van der Waals surface area contributed by atoms with Crippen LogP contribution in [0.3, 0.4) is 0 Å². The van der Waals surface area contributed by atoms with Crippen LogP contribution in [0.2, 0.25) is 5.02 Å². The predicted octanol–water partition coefficient (Wildman–Crippen LogP) is 3.97. The fraction of sp³-hybridized carbons (Fsp3) is 0.211. The number of rotatable bonds is 6. The van der Waals surface area contributed by atoms with E-state index in [1.807, 2.05) is 18.2 Å². The largest absolute Gasteiger partial charge is 0.465 e. The first-order valence-corrected chi connectivity index (χ1v) is 9.62. The Labute approximate surface area is 165 Å². The van der Waals surface area contributed by atoms with Crippen LogP contribution in [0.25, 0.3) is 6.08 Å². The summed E-state index contributed by atoms with van der Waals surface area (Å²) in [5.74, 6) is -0.0552. The zero-order chi connectivity index (χ0) is 19.2. The Morgan fingerprint density at radius 3 is 2.85 bits per heavy atom. The maximum atomic E-state index is 12.9. The molecule has 0 fully saturated rings. The lowest BCUT2D eigenvalue weighted by atomic mass is 10.2. The van der Waals surface area contributed by atoms with Gasteiger partial charge in [0.25, 0.3) is 5.91 Å². The van der Waals surface area contributed by atoms with E-state index in [0.717, 1.165) is 17.3 Å². The van der Waals surface area contributed by atoms with Gasteiger partial charge in [0.05, 0.1) is 25.2 Å². The first kappa shape index (κ1) is 19.3. The summed E-state index contributed by atoms with van der Waals surface area (Å²) >= 11 is 7.38. The van der Waals surface area contributed by atoms with Crippen molar-refractivity contribution in [1.82, 2.24) is 4.90 Å². The number of carbonyl (C=O) groups is 2. The van der Waals surface area contributed by atoms with Gasteiger partial charge in [0, 0.05) is 11.1 Å². The van der Waals surface area contributed by atoms with Crippen LogP contribution in [0.1, 0.15) is 18.2 Å². The lowest BCUT2D eigenvalue weighted by Crippen LogP contribution is -2.30. The topological polar surface area (TPSA) is 72.1 Å². The molecule has 2 heterocycles. The summed E-state index contributed by atoms with van der Waals surface area (Å²) in [6.45, 7) is 2.30. The van der Waals surface area contributed by atoms with Gasteiger partial charge in [0.1, 0.15) is 11.5 Å². The number of amides is 1. The number of hydrogen-bond acceptors (Lipinski definition) is 6. The number of nitrogens with zero attached hydrogens (tertiary/aromatic N) is 2. The maximum absolute atomic E-state index is 12.9. The molecule has 0 bridgehead atoms. The second kappa shape index (κ2) is 8.92. The molecule has 0 spiro atoms. The van der Waals surface area contributed by atoms with E-state index in [-0.39, 0.29) is 29.9 Å². The van der Waals surface area contributed by atoms with Gasteiger partial charge in [-0.05, 0) is 30.7 Å². The Bertz CT molecular complexity index is 893. The van der Waals surface area contributed by atoms with Crippen molar-refractivity contribution >= 4 is 46.5 Å². The van der Waals surface area contributed by atoms with E-state index in [1.54, 1.807) is 31.2 Å². The summed E-state index contributed by atoms with van der Waals surface area (Å²) in [6, 6.07) is 10.7. The first-order valence-electron chi connectivity index (χ1n) is 8.26. The standard InChI is InChI=1S/C19H17ClN2O4S/c1-2-25-17(23)12-27-19-21-16(10-14-7-5-9-26-14)18(24)22(19)11-13-6-3-4-8-15(13)20/h3-10H,2,11-12H2,1H3/b16-10-. The molecular formula is C19H17ClN2O4S. The van der Waals surface area contributed by atoms with Crippen LogP contribution in [-0.4, -0.2) is 34.3 Å². The van der Waals surface area contributed by atoms with Gasteiger partial charge in [-0.2, -0.15) is 0 Å². The van der Waals surface area contributed by atoms with Gasteiger partial charge in [-0.25, -0.2) is 4.99 Å². The molecule has 0 saturated carbocycles. The minimum Gasteiger partial charge on any atom is -0.465 e. The smallest absolute Gasteiger partial charge is 0.316 e. The molecule has 0 atom stereocenters. The molecule has 1 aromatic carbocycles. The number of halogens is 1. The first-order chi connectivity index (χ1) is 13.1. The Balaban J connectivity index is 1.84. The number of aliphatic imine (C=N–C) groups is 1. The third-order valence-corrected chi connectivity index (χ3v) is 4.96. The molecule has 1 aliphatic rings. The number of hydrogen-bond donors (Lipinski definition) is 0. The van der Waals surface area contributed by atoms with Crippen LogP contribution in [0.15, 0.2) is 57.8 Å². The Morgan fingerprint density at radius 1 is 1.33 bits per heavy atom. The summed E-state index contributed by atoms with van der Waals surface area (Å²) < 4.78 is 10.2. The lowest BCUT2D eigenvalue weighted by molar-refractivity contribution is -0.139. The predicted molar refractivity (Wildman–Crippen MR) is 105 cm³/mol. The monoisotopic (exact) mass is 404 g/mol. The van der Waals surface area contributed by atoms with Crippen molar-refractivity contribution in [2.24, 2.45) is 4.99 Å². The quantitative estimate of drug-likeness (QED) is 0.538. The Morgan fingerprint density at radius 2 is 2.15 bits per heavy atom. The molecular weight excluding hydrogens is 388 g/mol. The van der Waals surface area contributed by atoms with Crippen molar-refractivity contribution < 1.29 is 18.7 Å². The number of ether oxygens (including phenoxy) is 1. The second-order valence-electron chi connectivity index (χ2n) is 5.52. The zero-order valence-electron chi connectivity index (χ0n) is 14.6. The van der Waals surface area contributed by atoms with Crippen molar-refractivity contribution in [2.45, 2.75) is 13.5 Å². The van der Waals surface area contributed by atoms with Crippen LogP contribution in [0, 0.1) is 0 Å². The molecule has 8 heteroatoms. The third-order valence-electron chi connectivity index (χ3n) is 3.64. The molecule has 0 saturated heterocycles. The Hall–Kier alpha value is -2.51. The average Bonchev–Trinajstić information content (AvgIpc) is 3.26. The van der Waals surface area contributed by atoms with Crippen LogP contribution < -0.4 is 0 Å². The molecule has 0 aliphatic carbocycles. The van der Waals surface area contributed by atoms with Crippen LogP contribution in [-0.2, 0) is 20.9 Å². The molecule has 1 amide bonds. The van der Waals surface area contributed by atoms with E-state index in [1.165, 1.54) is 11.2 Å². The van der Waals surface area contributed by atoms with E-state index in [0.29, 0.717) is 22.6 Å². The van der Waals surface area contributed by atoms with E-state index in [2.05, 4.69) is 4.99 Å². The van der Waals surface area contributed by atoms with Gasteiger partial charge in [0.15, 0.2) is 5.17 Å². The summed E-state index contributed by atoms with van der Waals surface area (Å²) in [5.41, 5.74) is 1.03. The fourth-order valence-corrected chi connectivity index (χ4v) is 3.40. The van der Waals surface area contributed by atoms with Gasteiger partial charge in [-0.3, -0.25) is 14.5 Å². The van der Waals surface area contributed by atoms with Crippen molar-refractivity contribution in [2.75, 3.05) is 12.4 Å². The summed E-state index contributed by atoms with van der Waals surface area (Å²) in [5, 5.41) is 0.981. The van der Waals surface area contributed by atoms with E-state index < -0.39 is 0 Å². The molecule has 6 nitrogen and oxygen atoms in total. The van der Waals surface area contributed by atoms with Crippen LogP contribution >= 0.6 is 23.4 Å². The molecule has 0 unspecified atom stereocenters. The highest BCUT2D eigenvalue weighted by Crippen LogP contribution is 2.27. The molecule has 2 aromatic rings. The van der Waals surface area contributed by atoms with Crippen molar-refractivity contribution in [3.05, 3.63) is 64.7 Å². The minimum atomic E-state index is -0.362. The van der Waals surface area contributed by atoms with Crippen molar-refractivity contribution in [1.29, 1.82) is 0 Å². The maximum Gasteiger partial charge on any atom is 0.316 e. The minimum absolute atomic E-state index is 0.0625. The summed E-state index contributed by atoms with van der Waals surface area (Å²) in [7, 11) is 0. The van der Waals surface area contributed by atoms with Crippen molar-refractivity contribution in [3.63, 3.8) is 0 Å². The third kappa shape index (κ3) is 4.81. The van der Waals surface area contributed by atoms with Gasteiger partial charge in [-0.15, -0.1) is 0 Å².